The molecular weight excluding hydrogens is 268 g/mol. The molecule has 2 aliphatic rings. The Morgan fingerprint density at radius 1 is 1.29 bits per heavy atom. The lowest BCUT2D eigenvalue weighted by Gasteiger charge is -2.30. The molecule has 3 rings (SSSR count). The number of imide groups is 1. The van der Waals surface area contributed by atoms with Crippen LogP contribution in [0.4, 0.5) is 5.69 Å². The van der Waals surface area contributed by atoms with Crippen LogP contribution in [0.2, 0.25) is 0 Å². The van der Waals surface area contributed by atoms with Gasteiger partial charge in [-0.3, -0.25) is 14.9 Å². The Morgan fingerprint density at radius 2 is 2.10 bits per heavy atom. The Morgan fingerprint density at radius 3 is 2.90 bits per heavy atom. The van der Waals surface area contributed by atoms with E-state index in [2.05, 4.69) is 17.6 Å². The highest BCUT2D eigenvalue weighted by Gasteiger charge is 2.27. The van der Waals surface area contributed by atoms with Crippen LogP contribution >= 0.6 is 0 Å². The molecule has 0 saturated carbocycles. The highest BCUT2D eigenvalue weighted by molar-refractivity contribution is 6.21. The lowest BCUT2D eigenvalue weighted by atomic mass is 9.99. The van der Waals surface area contributed by atoms with Gasteiger partial charge in [0, 0.05) is 18.3 Å². The van der Waals surface area contributed by atoms with Crippen LogP contribution in [0.5, 0.6) is 0 Å². The van der Waals surface area contributed by atoms with Crippen molar-refractivity contribution in [3.05, 3.63) is 29.3 Å². The molecule has 0 aromatic heterocycles. The first-order chi connectivity index (χ1) is 10.2. The maximum absolute atomic E-state index is 11.7. The Balaban J connectivity index is 1.70. The number of hydrogen-bond donors (Lipinski definition) is 2. The summed E-state index contributed by atoms with van der Waals surface area (Å²) in [6.45, 7) is 2.93. The van der Waals surface area contributed by atoms with Gasteiger partial charge in [-0.2, -0.15) is 0 Å². The van der Waals surface area contributed by atoms with Gasteiger partial charge in [0.05, 0.1) is 17.2 Å². The van der Waals surface area contributed by atoms with E-state index in [1.165, 1.54) is 0 Å². The number of amides is 2. The molecule has 0 radical (unpaired) electrons. The van der Waals surface area contributed by atoms with Gasteiger partial charge in [0.15, 0.2) is 0 Å². The van der Waals surface area contributed by atoms with Gasteiger partial charge < -0.3 is 10.1 Å². The van der Waals surface area contributed by atoms with E-state index in [0.717, 1.165) is 38.0 Å². The number of ether oxygens (including phenoxy) is 1. The molecule has 2 unspecified atom stereocenters. The fraction of sp³-hybridized carbons (Fsp3) is 0.500. The van der Waals surface area contributed by atoms with E-state index in [9.17, 15) is 9.59 Å². The monoisotopic (exact) mass is 288 g/mol. The van der Waals surface area contributed by atoms with Gasteiger partial charge in [-0.15, -0.1) is 0 Å². The predicted molar refractivity (Wildman–Crippen MR) is 79.5 cm³/mol. The van der Waals surface area contributed by atoms with Crippen molar-refractivity contribution in [1.82, 2.24) is 5.32 Å². The van der Waals surface area contributed by atoms with Crippen molar-refractivity contribution < 1.29 is 14.3 Å². The molecule has 5 heteroatoms. The number of fused-ring (bicyclic) bond motifs is 1. The first kappa shape index (κ1) is 14.1. The highest BCUT2D eigenvalue weighted by atomic mass is 16.5. The molecule has 0 aliphatic carbocycles. The van der Waals surface area contributed by atoms with E-state index in [0.29, 0.717) is 23.3 Å². The van der Waals surface area contributed by atoms with Crippen molar-refractivity contribution in [3.8, 4) is 0 Å². The van der Waals surface area contributed by atoms with Gasteiger partial charge >= 0.3 is 0 Å². The summed E-state index contributed by atoms with van der Waals surface area (Å²) in [5, 5.41) is 5.77. The van der Waals surface area contributed by atoms with Crippen molar-refractivity contribution in [1.29, 1.82) is 0 Å². The fourth-order valence-electron chi connectivity index (χ4n) is 3.03. The molecule has 1 aromatic rings. The Bertz CT molecular complexity index is 569. The summed E-state index contributed by atoms with van der Waals surface area (Å²) in [4.78, 5) is 23.2. The van der Waals surface area contributed by atoms with E-state index in [1.54, 1.807) is 12.1 Å². The summed E-state index contributed by atoms with van der Waals surface area (Å²) in [6, 6.07) is 5.69. The second-order valence-corrected chi connectivity index (χ2v) is 5.69. The molecule has 21 heavy (non-hydrogen) atoms. The van der Waals surface area contributed by atoms with E-state index in [-0.39, 0.29) is 11.8 Å². The molecule has 2 amide bonds. The molecule has 0 spiro atoms. The normalized spacial score (nSPS) is 24.6. The number of hydrogen-bond acceptors (Lipinski definition) is 4. The summed E-state index contributed by atoms with van der Waals surface area (Å²) in [6.07, 6.45) is 4.47. The Kier molecular flexibility index (Phi) is 3.92. The third-order valence-corrected chi connectivity index (χ3v) is 4.08. The first-order valence-corrected chi connectivity index (χ1v) is 7.55. The quantitative estimate of drug-likeness (QED) is 0.834. The number of rotatable bonds is 4. The molecule has 1 saturated heterocycles. The average molecular weight is 288 g/mol. The van der Waals surface area contributed by atoms with Crippen molar-refractivity contribution in [3.63, 3.8) is 0 Å². The van der Waals surface area contributed by atoms with E-state index in [1.807, 2.05) is 6.07 Å². The summed E-state index contributed by atoms with van der Waals surface area (Å²) in [7, 11) is 0. The Hall–Kier alpha value is -1.88. The molecular formula is C16H20N2O3. The van der Waals surface area contributed by atoms with Crippen LogP contribution in [-0.4, -0.2) is 30.6 Å². The fourth-order valence-corrected chi connectivity index (χ4v) is 3.03. The van der Waals surface area contributed by atoms with Gasteiger partial charge in [0.1, 0.15) is 0 Å². The van der Waals surface area contributed by atoms with Gasteiger partial charge in [0.2, 0.25) is 0 Å². The van der Waals surface area contributed by atoms with Crippen LogP contribution in [-0.2, 0) is 4.74 Å². The zero-order valence-electron chi connectivity index (χ0n) is 12.1. The molecule has 0 bridgehead atoms. The average Bonchev–Trinajstić information content (AvgIpc) is 2.74. The zero-order valence-corrected chi connectivity index (χ0v) is 12.1. The van der Waals surface area contributed by atoms with Gasteiger partial charge in [0.25, 0.3) is 11.8 Å². The molecule has 5 nitrogen and oxygen atoms in total. The Labute approximate surface area is 124 Å². The van der Waals surface area contributed by atoms with E-state index in [4.69, 9.17) is 4.74 Å². The maximum atomic E-state index is 11.7. The molecule has 2 atom stereocenters. The van der Waals surface area contributed by atoms with Crippen LogP contribution in [0.1, 0.15) is 53.3 Å². The minimum Gasteiger partial charge on any atom is -0.382 e. The van der Waals surface area contributed by atoms with Crippen molar-refractivity contribution in [2.24, 2.45) is 0 Å². The second kappa shape index (κ2) is 5.85. The summed E-state index contributed by atoms with van der Waals surface area (Å²) in [5.41, 5.74) is 1.81. The molecule has 2 aliphatic heterocycles. The number of carbonyl (C=O) groups excluding carboxylic acids is 2. The van der Waals surface area contributed by atoms with Gasteiger partial charge in [-0.1, -0.05) is 13.3 Å². The maximum Gasteiger partial charge on any atom is 0.259 e. The van der Waals surface area contributed by atoms with Crippen LogP contribution in [0, 0.1) is 0 Å². The summed E-state index contributed by atoms with van der Waals surface area (Å²) >= 11 is 0. The summed E-state index contributed by atoms with van der Waals surface area (Å²) in [5.74, 6) is -0.620. The van der Waals surface area contributed by atoms with Crippen LogP contribution in [0.15, 0.2) is 18.2 Å². The SMILES string of the molecule is CCCC1CC(Nc2ccc3c(c2)C(=O)NC3=O)CCO1. The number of nitrogens with one attached hydrogen (secondary N) is 2. The molecule has 112 valence electrons. The van der Waals surface area contributed by atoms with Crippen molar-refractivity contribution in [2.45, 2.75) is 44.8 Å². The van der Waals surface area contributed by atoms with Crippen LogP contribution in [0.3, 0.4) is 0 Å². The molecule has 2 N–H and O–H groups in total. The molecule has 1 aromatic carbocycles. The topological polar surface area (TPSA) is 67.4 Å². The highest BCUT2D eigenvalue weighted by Crippen LogP contribution is 2.24. The minimum absolute atomic E-state index is 0.310. The predicted octanol–water partition coefficient (Wildman–Crippen LogP) is 2.33. The van der Waals surface area contributed by atoms with Crippen molar-refractivity contribution in [2.75, 3.05) is 11.9 Å². The van der Waals surface area contributed by atoms with Crippen LogP contribution in [0.25, 0.3) is 0 Å². The molecule has 1 fully saturated rings. The standard InChI is InChI=1S/C16H20N2O3/c1-2-3-12-8-11(6-7-21-12)17-10-4-5-13-14(9-10)16(20)18-15(13)19/h4-5,9,11-12,17H,2-3,6-8H2,1H3,(H,18,19,20). The second-order valence-electron chi connectivity index (χ2n) is 5.69. The summed E-state index contributed by atoms with van der Waals surface area (Å²) < 4.78 is 5.74. The number of anilines is 1. The third kappa shape index (κ3) is 2.93. The van der Waals surface area contributed by atoms with E-state index >= 15 is 0 Å². The smallest absolute Gasteiger partial charge is 0.259 e. The number of benzene rings is 1. The van der Waals surface area contributed by atoms with Gasteiger partial charge in [-0.25, -0.2) is 0 Å². The minimum atomic E-state index is -0.311. The van der Waals surface area contributed by atoms with E-state index < -0.39 is 0 Å². The first-order valence-electron chi connectivity index (χ1n) is 7.55. The zero-order chi connectivity index (χ0) is 14.8. The number of carbonyl (C=O) groups is 2. The van der Waals surface area contributed by atoms with Gasteiger partial charge in [-0.05, 0) is 37.5 Å². The van der Waals surface area contributed by atoms with Crippen LogP contribution < -0.4 is 10.6 Å². The lowest BCUT2D eigenvalue weighted by molar-refractivity contribution is 0.00597. The lowest BCUT2D eigenvalue weighted by Crippen LogP contribution is -2.34. The molecule has 2 heterocycles. The largest absolute Gasteiger partial charge is 0.382 e. The van der Waals surface area contributed by atoms with Crippen molar-refractivity contribution >= 4 is 17.5 Å². The third-order valence-electron chi connectivity index (χ3n) is 4.08.